The first-order chi connectivity index (χ1) is 16.1. The van der Waals surface area contributed by atoms with Gasteiger partial charge in [-0.05, 0) is 60.7 Å². The molecule has 0 heterocycles. The summed E-state index contributed by atoms with van der Waals surface area (Å²) >= 11 is 1.28. The zero-order chi connectivity index (χ0) is 24.6. The maximum atomic E-state index is 12.8. The predicted octanol–water partition coefficient (Wildman–Crippen LogP) is 6.10. The molecule has 0 aliphatic heterocycles. The molecule has 1 N–H and O–H groups in total. The van der Waals surface area contributed by atoms with Crippen LogP contribution in [0.15, 0.2) is 124 Å². The van der Waals surface area contributed by atoms with Crippen LogP contribution in [0, 0.1) is 0 Å². The Labute approximate surface area is 199 Å². The van der Waals surface area contributed by atoms with Crippen molar-refractivity contribution in [3.63, 3.8) is 0 Å². The number of hydrogen-bond donors (Lipinski definition) is 1. The van der Waals surface area contributed by atoms with Crippen LogP contribution in [0.4, 0.5) is 13.2 Å². The second kappa shape index (κ2) is 11.1. The molecule has 0 radical (unpaired) electrons. The van der Waals surface area contributed by atoms with Crippen LogP contribution in [0.25, 0.3) is 0 Å². The lowest BCUT2D eigenvalue weighted by Crippen LogP contribution is -2.17. The number of alkyl halides is 3. The van der Waals surface area contributed by atoms with E-state index in [1.807, 2.05) is 12.1 Å². The smallest absolute Gasteiger partial charge is 0.417 e. The lowest BCUT2D eigenvalue weighted by atomic mass is 10.2. The van der Waals surface area contributed by atoms with E-state index >= 15 is 0 Å². The van der Waals surface area contributed by atoms with Gasteiger partial charge in [0.25, 0.3) is 0 Å². The van der Waals surface area contributed by atoms with Crippen LogP contribution >= 0.6 is 0 Å². The largest absolute Gasteiger partial charge is 0.508 e. The van der Waals surface area contributed by atoms with Crippen LogP contribution in [-0.4, -0.2) is 13.5 Å². The van der Waals surface area contributed by atoms with Crippen molar-refractivity contribution in [2.24, 2.45) is 0 Å². The molecule has 4 rings (SSSR count). The topological polar surface area (TPSA) is 63.6 Å². The van der Waals surface area contributed by atoms with Crippen LogP contribution in [0.3, 0.4) is 0 Å². The lowest BCUT2D eigenvalue weighted by molar-refractivity contribution is -0.139. The Kier molecular flexibility index (Phi) is 8.25. The molecule has 9 heteroatoms. The summed E-state index contributed by atoms with van der Waals surface area (Å²) in [6.45, 7) is 0. The SMILES string of the molecule is O=S(=O)(Oc1ccc(O)cc1)c1ccccc1C(F)(F)F.c1ccc([SH+]c2ccccc2)cc1. The molecule has 4 aromatic rings. The standard InChI is InChI=1S/C13H9F3O4S.C12H10S/c14-13(15,16)11-3-1-2-4-12(11)21(18,19)20-10-7-5-9(17)6-8-10;1-3-7-11(8-4-1)13-12-9-5-2-6-10-12/h1-8,17H;1-10H/p+1. The van der Waals surface area contributed by atoms with Crippen molar-refractivity contribution >= 4 is 21.9 Å². The van der Waals surface area contributed by atoms with Gasteiger partial charge in [0, 0.05) is 11.8 Å². The van der Waals surface area contributed by atoms with E-state index in [9.17, 15) is 21.6 Å². The van der Waals surface area contributed by atoms with Gasteiger partial charge in [0.2, 0.25) is 0 Å². The number of rotatable bonds is 5. The molecule has 0 saturated heterocycles. The van der Waals surface area contributed by atoms with Gasteiger partial charge in [-0.25, -0.2) is 0 Å². The van der Waals surface area contributed by atoms with E-state index in [1.165, 1.54) is 27.6 Å². The fraction of sp³-hybridized carbons (Fsp3) is 0.0400. The minimum Gasteiger partial charge on any atom is -0.508 e. The zero-order valence-corrected chi connectivity index (χ0v) is 19.3. The fourth-order valence-corrected chi connectivity index (χ4v) is 4.84. The van der Waals surface area contributed by atoms with Gasteiger partial charge in [0.15, 0.2) is 9.79 Å². The Morgan fingerprint density at radius 3 is 1.65 bits per heavy atom. The highest BCUT2D eigenvalue weighted by Crippen LogP contribution is 2.35. The number of thiol groups is 1. The molecule has 4 nitrogen and oxygen atoms in total. The molecule has 0 fully saturated rings. The Hall–Kier alpha value is -3.43. The molecular weight excluding hydrogens is 485 g/mol. The van der Waals surface area contributed by atoms with E-state index in [0.717, 1.165) is 36.4 Å². The fourth-order valence-electron chi connectivity index (χ4n) is 2.75. The number of phenols is 1. The summed E-state index contributed by atoms with van der Waals surface area (Å²) in [7, 11) is -4.64. The summed E-state index contributed by atoms with van der Waals surface area (Å²) in [6, 6.07) is 29.3. The maximum absolute atomic E-state index is 12.8. The first kappa shape index (κ1) is 25.2. The maximum Gasteiger partial charge on any atom is 0.417 e. The highest BCUT2D eigenvalue weighted by Gasteiger charge is 2.37. The Bertz CT molecular complexity index is 1260. The first-order valence-electron chi connectivity index (χ1n) is 9.87. The predicted molar refractivity (Wildman–Crippen MR) is 126 cm³/mol. The van der Waals surface area contributed by atoms with Gasteiger partial charge in [-0.2, -0.15) is 21.6 Å². The first-order valence-corrected chi connectivity index (χ1v) is 12.2. The van der Waals surface area contributed by atoms with Crippen molar-refractivity contribution in [2.45, 2.75) is 20.9 Å². The minimum absolute atomic E-state index is 0.129. The highest BCUT2D eigenvalue weighted by molar-refractivity contribution is 7.87. The van der Waals surface area contributed by atoms with E-state index in [0.29, 0.717) is 6.07 Å². The van der Waals surface area contributed by atoms with E-state index in [1.54, 1.807) is 0 Å². The Balaban J connectivity index is 0.000000212. The van der Waals surface area contributed by atoms with Gasteiger partial charge < -0.3 is 9.29 Å². The van der Waals surface area contributed by atoms with Gasteiger partial charge in [-0.15, -0.1) is 0 Å². The molecule has 4 aromatic carbocycles. The molecule has 0 saturated carbocycles. The summed E-state index contributed by atoms with van der Waals surface area (Å²) < 4.78 is 67.0. The van der Waals surface area contributed by atoms with E-state index in [-0.39, 0.29) is 11.5 Å². The van der Waals surface area contributed by atoms with Crippen molar-refractivity contribution in [3.8, 4) is 11.5 Å². The molecule has 34 heavy (non-hydrogen) atoms. The normalized spacial score (nSPS) is 11.3. The highest BCUT2D eigenvalue weighted by atomic mass is 32.2. The second-order valence-corrected chi connectivity index (χ2v) is 9.58. The van der Waals surface area contributed by atoms with Crippen molar-refractivity contribution in [1.82, 2.24) is 0 Å². The van der Waals surface area contributed by atoms with Gasteiger partial charge >= 0.3 is 16.3 Å². The molecular formula is C25H20F3O4S2+. The van der Waals surface area contributed by atoms with Crippen LogP contribution in [0.2, 0.25) is 0 Å². The summed E-state index contributed by atoms with van der Waals surface area (Å²) in [5, 5.41) is 9.07. The third kappa shape index (κ3) is 7.29. The summed E-state index contributed by atoms with van der Waals surface area (Å²) in [5.41, 5.74) is -1.30. The van der Waals surface area contributed by atoms with Crippen molar-refractivity contribution < 1.29 is 30.9 Å². The molecule has 0 aliphatic rings. The lowest BCUT2D eigenvalue weighted by Gasteiger charge is -2.13. The summed E-state index contributed by atoms with van der Waals surface area (Å²) in [5.74, 6) is -0.333. The van der Waals surface area contributed by atoms with Crippen LogP contribution in [0.5, 0.6) is 11.5 Å². The molecule has 0 bridgehead atoms. The van der Waals surface area contributed by atoms with Crippen LogP contribution in [0.1, 0.15) is 5.56 Å². The van der Waals surface area contributed by atoms with Crippen molar-refractivity contribution in [2.75, 3.05) is 0 Å². The van der Waals surface area contributed by atoms with Crippen molar-refractivity contribution in [3.05, 3.63) is 115 Å². The number of hydrogen-bond acceptors (Lipinski definition) is 4. The average molecular weight is 506 g/mol. The third-order valence-corrected chi connectivity index (χ3v) is 6.69. The minimum atomic E-state index is -4.82. The molecule has 0 spiro atoms. The monoisotopic (exact) mass is 505 g/mol. The summed E-state index contributed by atoms with van der Waals surface area (Å²) in [6.07, 6.45) is -4.82. The quantitative estimate of drug-likeness (QED) is 0.202. The van der Waals surface area contributed by atoms with E-state index < -0.39 is 26.8 Å². The van der Waals surface area contributed by atoms with Gasteiger partial charge in [0.05, 0.1) is 5.56 Å². The van der Waals surface area contributed by atoms with E-state index in [2.05, 4.69) is 52.7 Å². The summed E-state index contributed by atoms with van der Waals surface area (Å²) in [4.78, 5) is 1.72. The molecule has 0 unspecified atom stereocenters. The molecule has 0 aliphatic carbocycles. The third-order valence-electron chi connectivity index (χ3n) is 4.28. The van der Waals surface area contributed by atoms with Gasteiger partial charge in [0.1, 0.15) is 16.4 Å². The number of aromatic hydroxyl groups is 1. The Morgan fingerprint density at radius 2 is 1.15 bits per heavy atom. The van der Waals surface area contributed by atoms with Crippen LogP contribution in [-0.2, 0) is 28.1 Å². The molecule has 0 atom stereocenters. The van der Waals surface area contributed by atoms with E-state index in [4.69, 9.17) is 5.11 Å². The number of halogens is 3. The number of phenolic OH excluding ortho intramolecular Hbond substituents is 1. The van der Waals surface area contributed by atoms with Crippen molar-refractivity contribution in [1.29, 1.82) is 0 Å². The van der Waals surface area contributed by atoms with Gasteiger partial charge in [-0.1, -0.05) is 48.5 Å². The van der Waals surface area contributed by atoms with Gasteiger partial charge in [-0.3, -0.25) is 0 Å². The number of benzene rings is 4. The average Bonchev–Trinajstić information content (AvgIpc) is 2.82. The zero-order valence-electron chi connectivity index (χ0n) is 17.6. The second-order valence-electron chi connectivity index (χ2n) is 6.81. The molecule has 176 valence electrons. The Morgan fingerprint density at radius 1 is 0.676 bits per heavy atom. The molecule has 0 amide bonds. The molecule has 0 aromatic heterocycles. The van der Waals surface area contributed by atoms with Crippen LogP contribution < -0.4 is 4.18 Å².